The van der Waals surface area contributed by atoms with Crippen molar-refractivity contribution in [1.82, 2.24) is 14.5 Å². The first kappa shape index (κ1) is 13.0. The van der Waals surface area contributed by atoms with Crippen LogP contribution in [-0.2, 0) is 7.05 Å². The number of pyridine rings is 1. The van der Waals surface area contributed by atoms with Gasteiger partial charge in [-0.15, -0.1) is 0 Å². The molecule has 0 aliphatic heterocycles. The van der Waals surface area contributed by atoms with Gasteiger partial charge in [-0.25, -0.2) is 14.4 Å². The molecule has 0 unspecified atom stereocenters. The molecule has 1 aliphatic carbocycles. The fourth-order valence-electron chi connectivity index (χ4n) is 2.80. The minimum atomic E-state index is -0.282. The second kappa shape index (κ2) is 4.63. The molecule has 1 fully saturated rings. The van der Waals surface area contributed by atoms with Crippen molar-refractivity contribution in [3.05, 3.63) is 46.3 Å². The first-order chi connectivity index (χ1) is 10.1. The third-order valence-corrected chi connectivity index (χ3v) is 4.48. The molecule has 0 atom stereocenters. The Hall–Kier alpha value is -1.75. The molecule has 2 aromatic heterocycles. The van der Waals surface area contributed by atoms with Crippen LogP contribution in [0.25, 0.3) is 22.6 Å². The number of benzene rings is 1. The number of hydrogen-bond acceptors (Lipinski definition) is 2. The Kier molecular flexibility index (Phi) is 2.85. The lowest BCUT2D eigenvalue weighted by Gasteiger charge is -2.06. The minimum Gasteiger partial charge on any atom is -0.325 e. The molecule has 0 saturated heterocycles. The van der Waals surface area contributed by atoms with Crippen molar-refractivity contribution < 1.29 is 4.39 Å². The van der Waals surface area contributed by atoms with Crippen LogP contribution in [0, 0.1) is 5.82 Å². The summed E-state index contributed by atoms with van der Waals surface area (Å²) in [5.74, 6) is 0.944. The van der Waals surface area contributed by atoms with Gasteiger partial charge in [0.15, 0.2) is 5.65 Å². The highest BCUT2D eigenvalue weighted by atomic mass is 79.9. The van der Waals surface area contributed by atoms with Crippen LogP contribution in [0.5, 0.6) is 0 Å². The number of nitrogens with zero attached hydrogens (tertiary/aromatic N) is 3. The van der Waals surface area contributed by atoms with E-state index in [1.165, 1.54) is 24.5 Å². The van der Waals surface area contributed by atoms with Gasteiger partial charge < -0.3 is 4.57 Å². The Labute approximate surface area is 130 Å². The summed E-state index contributed by atoms with van der Waals surface area (Å²) in [5, 5.41) is 0. The van der Waals surface area contributed by atoms with E-state index in [0.29, 0.717) is 23.0 Å². The number of halogens is 2. The van der Waals surface area contributed by atoms with Crippen LogP contribution in [0.2, 0.25) is 0 Å². The summed E-state index contributed by atoms with van der Waals surface area (Å²) >= 11 is 3.28. The zero-order chi connectivity index (χ0) is 14.6. The van der Waals surface area contributed by atoms with E-state index >= 15 is 0 Å². The van der Waals surface area contributed by atoms with Crippen molar-refractivity contribution in [2.24, 2.45) is 7.05 Å². The van der Waals surface area contributed by atoms with E-state index in [1.807, 2.05) is 17.7 Å². The highest BCUT2D eigenvalue weighted by molar-refractivity contribution is 9.10. The quantitative estimate of drug-likeness (QED) is 0.688. The molecule has 4 rings (SSSR count). The zero-order valence-electron chi connectivity index (χ0n) is 11.5. The lowest BCUT2D eigenvalue weighted by Crippen LogP contribution is -1.97. The summed E-state index contributed by atoms with van der Waals surface area (Å²) in [6, 6.07) is 7.09. The van der Waals surface area contributed by atoms with Gasteiger partial charge in [0.05, 0.1) is 11.1 Å². The zero-order valence-corrected chi connectivity index (χ0v) is 13.1. The standard InChI is InChI=1S/C16H13BrFN3/c1-21-14-11(9-2-3-9)6-7-19-15(14)20-16(21)12-5-4-10(17)8-13(12)18/h4-9H,2-3H2,1H3. The van der Waals surface area contributed by atoms with E-state index in [4.69, 9.17) is 0 Å². The van der Waals surface area contributed by atoms with Crippen LogP contribution in [0.1, 0.15) is 24.3 Å². The predicted molar refractivity (Wildman–Crippen MR) is 83.6 cm³/mol. The summed E-state index contributed by atoms with van der Waals surface area (Å²) in [6.45, 7) is 0. The topological polar surface area (TPSA) is 30.7 Å². The molecule has 0 bridgehead atoms. The van der Waals surface area contributed by atoms with Crippen LogP contribution in [-0.4, -0.2) is 14.5 Å². The summed E-state index contributed by atoms with van der Waals surface area (Å²) < 4.78 is 16.9. The smallest absolute Gasteiger partial charge is 0.178 e. The van der Waals surface area contributed by atoms with Crippen molar-refractivity contribution in [3.63, 3.8) is 0 Å². The van der Waals surface area contributed by atoms with Crippen LogP contribution >= 0.6 is 15.9 Å². The summed E-state index contributed by atoms with van der Waals surface area (Å²) in [7, 11) is 1.93. The van der Waals surface area contributed by atoms with E-state index in [9.17, 15) is 4.39 Å². The molecular weight excluding hydrogens is 333 g/mol. The normalized spacial score (nSPS) is 14.8. The van der Waals surface area contributed by atoms with Gasteiger partial charge in [0.2, 0.25) is 0 Å². The molecule has 0 N–H and O–H groups in total. The van der Waals surface area contributed by atoms with Crippen molar-refractivity contribution in [2.75, 3.05) is 0 Å². The largest absolute Gasteiger partial charge is 0.325 e. The van der Waals surface area contributed by atoms with Gasteiger partial charge >= 0.3 is 0 Å². The average molecular weight is 346 g/mol. The Balaban J connectivity index is 1.97. The van der Waals surface area contributed by atoms with Crippen LogP contribution in [0.4, 0.5) is 4.39 Å². The number of rotatable bonds is 2. The maximum atomic E-state index is 14.2. The summed E-state index contributed by atoms with van der Waals surface area (Å²) in [5.41, 5.74) is 3.50. The second-order valence-electron chi connectivity index (χ2n) is 5.47. The van der Waals surface area contributed by atoms with Crippen molar-refractivity contribution in [2.45, 2.75) is 18.8 Å². The third-order valence-electron chi connectivity index (χ3n) is 3.99. The van der Waals surface area contributed by atoms with Gasteiger partial charge in [-0.05, 0) is 48.6 Å². The van der Waals surface area contributed by atoms with Gasteiger partial charge in [-0.2, -0.15) is 0 Å². The third kappa shape index (κ3) is 2.07. The molecule has 2 heterocycles. The molecule has 106 valence electrons. The Bertz CT molecular complexity index is 852. The number of hydrogen-bond donors (Lipinski definition) is 0. The first-order valence-corrected chi connectivity index (χ1v) is 7.71. The van der Waals surface area contributed by atoms with Crippen molar-refractivity contribution in [3.8, 4) is 11.4 Å². The van der Waals surface area contributed by atoms with Gasteiger partial charge in [0.25, 0.3) is 0 Å². The van der Waals surface area contributed by atoms with Gasteiger partial charge in [0, 0.05) is 17.7 Å². The molecule has 0 radical (unpaired) electrons. The SMILES string of the molecule is Cn1c(-c2ccc(Br)cc2F)nc2nccc(C3CC3)c21. The van der Waals surface area contributed by atoms with Crippen molar-refractivity contribution >= 4 is 27.1 Å². The molecule has 1 saturated carbocycles. The molecule has 0 amide bonds. The molecular formula is C16H13BrFN3. The van der Waals surface area contributed by atoms with Crippen LogP contribution in [0.3, 0.4) is 0 Å². The number of fused-ring (bicyclic) bond motifs is 1. The molecule has 3 nitrogen and oxygen atoms in total. The number of aryl methyl sites for hydroxylation is 1. The predicted octanol–water partition coefficient (Wildman–Crippen LogP) is 4.41. The fourth-order valence-corrected chi connectivity index (χ4v) is 3.13. The second-order valence-corrected chi connectivity index (χ2v) is 6.38. The van der Waals surface area contributed by atoms with E-state index in [-0.39, 0.29) is 5.82 Å². The molecule has 3 aromatic rings. The first-order valence-electron chi connectivity index (χ1n) is 6.92. The summed E-state index contributed by atoms with van der Waals surface area (Å²) in [6.07, 6.45) is 4.23. The molecule has 1 aromatic carbocycles. The highest BCUT2D eigenvalue weighted by Gasteiger charge is 2.28. The van der Waals surface area contributed by atoms with Crippen molar-refractivity contribution in [1.29, 1.82) is 0 Å². The van der Waals surface area contributed by atoms with Crippen LogP contribution < -0.4 is 0 Å². The minimum absolute atomic E-state index is 0.282. The Morgan fingerprint density at radius 3 is 2.81 bits per heavy atom. The van der Waals surface area contributed by atoms with Gasteiger partial charge in [-0.1, -0.05) is 15.9 Å². The van der Waals surface area contributed by atoms with Gasteiger partial charge in [0.1, 0.15) is 11.6 Å². The van der Waals surface area contributed by atoms with E-state index in [2.05, 4.69) is 32.0 Å². The average Bonchev–Trinajstić information content (AvgIpc) is 3.24. The molecule has 21 heavy (non-hydrogen) atoms. The lowest BCUT2D eigenvalue weighted by atomic mass is 10.1. The Morgan fingerprint density at radius 2 is 2.10 bits per heavy atom. The fraction of sp³-hybridized carbons (Fsp3) is 0.250. The molecule has 0 spiro atoms. The highest BCUT2D eigenvalue weighted by Crippen LogP contribution is 2.43. The number of imidazole rings is 1. The maximum absolute atomic E-state index is 14.2. The number of aromatic nitrogens is 3. The monoisotopic (exact) mass is 345 g/mol. The Morgan fingerprint density at radius 1 is 1.29 bits per heavy atom. The molecule has 5 heteroatoms. The van der Waals surface area contributed by atoms with E-state index in [1.54, 1.807) is 12.3 Å². The summed E-state index contributed by atoms with van der Waals surface area (Å²) in [4.78, 5) is 8.88. The van der Waals surface area contributed by atoms with E-state index in [0.717, 1.165) is 9.99 Å². The van der Waals surface area contributed by atoms with E-state index < -0.39 is 0 Å². The van der Waals surface area contributed by atoms with Crippen LogP contribution in [0.15, 0.2) is 34.9 Å². The molecule has 1 aliphatic rings. The van der Waals surface area contributed by atoms with Gasteiger partial charge in [-0.3, -0.25) is 0 Å². The maximum Gasteiger partial charge on any atom is 0.178 e. The lowest BCUT2D eigenvalue weighted by molar-refractivity contribution is 0.628.